The van der Waals surface area contributed by atoms with E-state index in [-0.39, 0.29) is 36.0 Å². The lowest BCUT2D eigenvalue weighted by Gasteiger charge is -2.36. The molecule has 0 radical (unpaired) electrons. The molecule has 32 heavy (non-hydrogen) atoms. The van der Waals surface area contributed by atoms with E-state index in [2.05, 4.69) is 20.1 Å². The Morgan fingerprint density at radius 3 is 2.59 bits per heavy atom. The van der Waals surface area contributed by atoms with Gasteiger partial charge in [0.1, 0.15) is 6.10 Å². The summed E-state index contributed by atoms with van der Waals surface area (Å²) < 4.78 is 5.44. The Hall–Kier alpha value is -2.04. The Labute approximate surface area is 211 Å². The van der Waals surface area contributed by atoms with Crippen molar-refractivity contribution >= 4 is 58.8 Å². The number of hydrogen-bond acceptors (Lipinski definition) is 4. The van der Waals surface area contributed by atoms with E-state index in [0.717, 1.165) is 55.3 Å². The van der Waals surface area contributed by atoms with Crippen LogP contribution in [0.2, 0.25) is 5.02 Å². The number of guanidine groups is 1. The van der Waals surface area contributed by atoms with Gasteiger partial charge in [0, 0.05) is 49.2 Å². The van der Waals surface area contributed by atoms with Crippen LogP contribution in [-0.4, -0.2) is 55.7 Å². The van der Waals surface area contributed by atoms with Gasteiger partial charge in [-0.25, -0.2) is 4.99 Å². The molecule has 2 saturated heterocycles. The molecule has 4 rings (SSSR count). The highest BCUT2D eigenvalue weighted by atomic mass is 127. The Bertz CT molecular complexity index is 926. The number of piperazine rings is 1. The SMILES string of the molecule is I.NC(=NCc1cccc(NC(=O)C2CCCO2)c1)N1CCN(c2ccc(Cl)cc2)CC1. The first-order valence-electron chi connectivity index (χ1n) is 10.7. The Balaban J connectivity index is 0.00000289. The molecule has 2 aliphatic heterocycles. The quantitative estimate of drug-likeness (QED) is 0.326. The van der Waals surface area contributed by atoms with Crippen LogP contribution in [0.1, 0.15) is 18.4 Å². The van der Waals surface area contributed by atoms with Crippen molar-refractivity contribution in [1.82, 2.24) is 4.90 Å². The third kappa shape index (κ3) is 6.49. The van der Waals surface area contributed by atoms with Crippen LogP contribution in [0.3, 0.4) is 0 Å². The summed E-state index contributed by atoms with van der Waals surface area (Å²) >= 11 is 5.98. The molecule has 0 aromatic heterocycles. The van der Waals surface area contributed by atoms with Gasteiger partial charge in [-0.3, -0.25) is 4.79 Å². The zero-order chi connectivity index (χ0) is 21.6. The summed E-state index contributed by atoms with van der Waals surface area (Å²) in [4.78, 5) is 21.2. The lowest BCUT2D eigenvalue weighted by atomic mass is 10.2. The summed E-state index contributed by atoms with van der Waals surface area (Å²) in [6, 6.07) is 15.6. The van der Waals surface area contributed by atoms with Crippen LogP contribution >= 0.6 is 35.6 Å². The second-order valence-electron chi connectivity index (χ2n) is 7.82. The van der Waals surface area contributed by atoms with E-state index in [1.807, 2.05) is 48.5 Å². The Morgan fingerprint density at radius 2 is 1.91 bits per heavy atom. The number of nitrogens with two attached hydrogens (primary N) is 1. The first kappa shape index (κ1) is 24.6. The number of nitrogens with one attached hydrogen (secondary N) is 1. The number of carbonyl (C=O) groups is 1. The molecule has 2 aromatic carbocycles. The maximum absolute atomic E-state index is 12.2. The van der Waals surface area contributed by atoms with Crippen LogP contribution in [0, 0.1) is 0 Å². The van der Waals surface area contributed by atoms with Crippen LogP contribution in [0.4, 0.5) is 11.4 Å². The fourth-order valence-electron chi connectivity index (χ4n) is 3.87. The number of ether oxygens (including phenoxy) is 1. The van der Waals surface area contributed by atoms with E-state index >= 15 is 0 Å². The van der Waals surface area contributed by atoms with Crippen LogP contribution in [0.25, 0.3) is 0 Å². The summed E-state index contributed by atoms with van der Waals surface area (Å²) in [5.74, 6) is 0.459. The molecule has 0 aliphatic carbocycles. The van der Waals surface area contributed by atoms with Crippen molar-refractivity contribution in [1.29, 1.82) is 0 Å². The average molecular weight is 570 g/mol. The summed E-state index contributed by atoms with van der Waals surface area (Å²) in [7, 11) is 0. The van der Waals surface area contributed by atoms with Crippen molar-refractivity contribution in [3.05, 3.63) is 59.1 Å². The van der Waals surface area contributed by atoms with Gasteiger partial charge in [-0.15, -0.1) is 24.0 Å². The predicted molar refractivity (Wildman–Crippen MR) is 140 cm³/mol. The van der Waals surface area contributed by atoms with Crippen LogP contribution < -0.4 is 16.0 Å². The molecule has 1 atom stereocenters. The average Bonchev–Trinajstić information content (AvgIpc) is 3.34. The lowest BCUT2D eigenvalue weighted by Crippen LogP contribution is -2.51. The maximum Gasteiger partial charge on any atom is 0.253 e. The molecule has 2 aromatic rings. The molecule has 7 nitrogen and oxygen atoms in total. The molecular weight excluding hydrogens is 541 g/mol. The largest absolute Gasteiger partial charge is 0.370 e. The normalized spacial score (nSPS) is 18.9. The summed E-state index contributed by atoms with van der Waals surface area (Å²) in [5, 5.41) is 3.68. The molecule has 2 aliphatic rings. The number of amides is 1. The zero-order valence-corrected chi connectivity index (χ0v) is 21.0. The monoisotopic (exact) mass is 569 g/mol. The van der Waals surface area contributed by atoms with Crippen molar-refractivity contribution in [2.45, 2.75) is 25.5 Å². The Kier molecular flexibility index (Phi) is 9.01. The van der Waals surface area contributed by atoms with E-state index in [9.17, 15) is 4.79 Å². The van der Waals surface area contributed by atoms with Gasteiger partial charge in [0.05, 0.1) is 6.54 Å². The van der Waals surface area contributed by atoms with E-state index in [4.69, 9.17) is 22.1 Å². The Morgan fingerprint density at radius 1 is 1.16 bits per heavy atom. The molecule has 1 unspecified atom stereocenters. The van der Waals surface area contributed by atoms with Crippen molar-refractivity contribution in [3.8, 4) is 0 Å². The minimum absolute atomic E-state index is 0. The van der Waals surface area contributed by atoms with Gasteiger partial charge in [0.15, 0.2) is 5.96 Å². The topological polar surface area (TPSA) is 83.2 Å². The van der Waals surface area contributed by atoms with Gasteiger partial charge < -0.3 is 25.6 Å². The molecule has 172 valence electrons. The molecule has 3 N–H and O–H groups in total. The molecule has 2 fully saturated rings. The number of benzene rings is 2. The number of halogens is 2. The molecule has 0 spiro atoms. The number of rotatable bonds is 5. The van der Waals surface area contributed by atoms with E-state index in [0.29, 0.717) is 19.1 Å². The van der Waals surface area contributed by atoms with Gasteiger partial charge >= 0.3 is 0 Å². The highest BCUT2D eigenvalue weighted by Gasteiger charge is 2.23. The standard InChI is InChI=1S/C23H28ClN5O2.HI/c24-18-6-8-20(9-7-18)28-10-12-29(13-11-28)23(25)26-16-17-3-1-4-19(15-17)27-22(30)21-5-2-14-31-21;/h1,3-4,6-9,15,21H,2,5,10-14,16H2,(H2,25,26)(H,27,30);1H. The first-order valence-corrected chi connectivity index (χ1v) is 11.0. The van der Waals surface area contributed by atoms with Gasteiger partial charge in [-0.1, -0.05) is 23.7 Å². The molecule has 1 amide bonds. The third-order valence-corrected chi connectivity index (χ3v) is 5.89. The van der Waals surface area contributed by atoms with Gasteiger partial charge in [0.2, 0.25) is 0 Å². The number of anilines is 2. The number of hydrogen-bond donors (Lipinski definition) is 2. The zero-order valence-electron chi connectivity index (χ0n) is 17.9. The highest BCUT2D eigenvalue weighted by molar-refractivity contribution is 14.0. The summed E-state index contributed by atoms with van der Waals surface area (Å²) in [5.41, 5.74) is 9.17. The fraction of sp³-hybridized carbons (Fsp3) is 0.391. The van der Waals surface area contributed by atoms with Crippen LogP contribution in [0.15, 0.2) is 53.5 Å². The van der Waals surface area contributed by atoms with Gasteiger partial charge in [0.25, 0.3) is 5.91 Å². The smallest absolute Gasteiger partial charge is 0.253 e. The molecule has 9 heteroatoms. The molecule has 0 saturated carbocycles. The highest BCUT2D eigenvalue weighted by Crippen LogP contribution is 2.20. The molecular formula is C23H29ClIN5O2. The van der Waals surface area contributed by atoms with Gasteiger partial charge in [-0.2, -0.15) is 0 Å². The number of aliphatic imine (C=N–C) groups is 1. The van der Waals surface area contributed by atoms with Crippen LogP contribution in [-0.2, 0) is 16.1 Å². The fourth-order valence-corrected chi connectivity index (χ4v) is 4.00. The van der Waals surface area contributed by atoms with Crippen molar-refractivity contribution in [3.63, 3.8) is 0 Å². The number of nitrogens with zero attached hydrogens (tertiary/aromatic N) is 3. The van der Waals surface area contributed by atoms with E-state index in [1.54, 1.807) is 0 Å². The first-order chi connectivity index (χ1) is 15.1. The third-order valence-electron chi connectivity index (χ3n) is 5.64. The lowest BCUT2D eigenvalue weighted by molar-refractivity contribution is -0.124. The van der Waals surface area contributed by atoms with Crippen molar-refractivity contribution in [2.75, 3.05) is 43.0 Å². The van der Waals surface area contributed by atoms with Crippen LogP contribution in [0.5, 0.6) is 0 Å². The molecule has 2 heterocycles. The van der Waals surface area contributed by atoms with E-state index in [1.165, 1.54) is 5.69 Å². The second-order valence-corrected chi connectivity index (χ2v) is 8.25. The maximum atomic E-state index is 12.2. The van der Waals surface area contributed by atoms with E-state index < -0.39 is 0 Å². The van der Waals surface area contributed by atoms with Crippen molar-refractivity contribution < 1.29 is 9.53 Å². The second kappa shape index (κ2) is 11.7. The number of carbonyl (C=O) groups excluding carboxylic acids is 1. The molecule has 0 bridgehead atoms. The van der Waals surface area contributed by atoms with Gasteiger partial charge in [-0.05, 0) is 54.8 Å². The summed E-state index contributed by atoms with van der Waals surface area (Å²) in [6.45, 7) is 4.50. The van der Waals surface area contributed by atoms with Crippen molar-refractivity contribution in [2.24, 2.45) is 10.7 Å². The minimum atomic E-state index is -0.344. The summed E-state index contributed by atoms with van der Waals surface area (Å²) in [6.07, 6.45) is 1.36. The minimum Gasteiger partial charge on any atom is -0.370 e. The predicted octanol–water partition coefficient (Wildman–Crippen LogP) is 3.71.